The zero-order valence-corrected chi connectivity index (χ0v) is 12.7. The highest BCUT2D eigenvalue weighted by Crippen LogP contribution is 2.22. The monoisotopic (exact) mass is 261 g/mol. The number of hydrogen-bond donors (Lipinski definition) is 1. The van der Waals surface area contributed by atoms with Gasteiger partial charge in [0.15, 0.2) is 0 Å². The predicted molar refractivity (Wildman–Crippen MR) is 84.2 cm³/mol. The molecule has 0 aliphatic carbocycles. The lowest BCUT2D eigenvalue weighted by Gasteiger charge is -2.30. The fraction of sp³-hybridized carbons (Fsp3) is 0.625. The Labute approximate surface area is 117 Å². The summed E-state index contributed by atoms with van der Waals surface area (Å²) in [5.41, 5.74) is 3.87. The van der Waals surface area contributed by atoms with E-state index in [2.05, 4.69) is 61.4 Å². The molecule has 1 N–H and O–H groups in total. The summed E-state index contributed by atoms with van der Waals surface area (Å²) >= 11 is 0. The van der Waals surface area contributed by atoms with Gasteiger partial charge in [-0.1, -0.05) is 0 Å². The number of nitrogens with one attached hydrogen (secondary N) is 1. The molecule has 1 aromatic carbocycles. The molecule has 1 atom stereocenters. The molecule has 0 saturated carbocycles. The van der Waals surface area contributed by atoms with Crippen molar-refractivity contribution < 1.29 is 0 Å². The summed E-state index contributed by atoms with van der Waals surface area (Å²) in [6.45, 7) is 5.75. The van der Waals surface area contributed by atoms with Crippen LogP contribution in [0.5, 0.6) is 0 Å². The van der Waals surface area contributed by atoms with Crippen LogP contribution in [-0.4, -0.2) is 45.7 Å². The third-order valence-electron chi connectivity index (χ3n) is 4.03. The van der Waals surface area contributed by atoms with Crippen LogP contribution in [0.3, 0.4) is 0 Å². The fourth-order valence-corrected chi connectivity index (χ4v) is 2.82. The number of benzene rings is 1. The van der Waals surface area contributed by atoms with E-state index in [0.717, 1.165) is 12.5 Å². The number of likely N-dealkylation sites (tertiary alicyclic amines) is 1. The standard InChI is InChI=1S/C16H27N3/c1-13-10-15(18(2)3)7-8-16(13)17-11-14-6-5-9-19(4)12-14/h7-8,10,14,17H,5-6,9,11-12H2,1-4H3. The van der Waals surface area contributed by atoms with Gasteiger partial charge in [0, 0.05) is 38.6 Å². The Morgan fingerprint density at radius 1 is 1.37 bits per heavy atom. The molecular weight excluding hydrogens is 234 g/mol. The lowest BCUT2D eigenvalue weighted by molar-refractivity contribution is 0.217. The van der Waals surface area contributed by atoms with E-state index in [1.165, 1.54) is 42.9 Å². The van der Waals surface area contributed by atoms with Crippen LogP contribution in [0.4, 0.5) is 11.4 Å². The van der Waals surface area contributed by atoms with Gasteiger partial charge in [-0.15, -0.1) is 0 Å². The lowest BCUT2D eigenvalue weighted by atomic mass is 9.98. The molecule has 0 bridgehead atoms. The Morgan fingerprint density at radius 3 is 2.79 bits per heavy atom. The van der Waals surface area contributed by atoms with Crippen molar-refractivity contribution in [3.8, 4) is 0 Å². The maximum absolute atomic E-state index is 3.62. The van der Waals surface area contributed by atoms with Crippen molar-refractivity contribution in [2.45, 2.75) is 19.8 Å². The Kier molecular flexibility index (Phi) is 4.70. The lowest BCUT2D eigenvalue weighted by Crippen LogP contribution is -2.35. The van der Waals surface area contributed by atoms with E-state index in [1.807, 2.05) is 0 Å². The smallest absolute Gasteiger partial charge is 0.0371 e. The highest BCUT2D eigenvalue weighted by molar-refractivity contribution is 5.59. The number of piperidine rings is 1. The SMILES string of the molecule is Cc1cc(N(C)C)ccc1NCC1CCCN(C)C1. The van der Waals surface area contributed by atoms with E-state index in [0.29, 0.717) is 0 Å². The number of rotatable bonds is 4. The highest BCUT2D eigenvalue weighted by atomic mass is 15.1. The van der Waals surface area contributed by atoms with Gasteiger partial charge in [0.1, 0.15) is 0 Å². The number of aryl methyl sites for hydroxylation is 1. The molecule has 2 rings (SSSR count). The average Bonchev–Trinajstić information content (AvgIpc) is 2.37. The first-order valence-corrected chi connectivity index (χ1v) is 7.26. The summed E-state index contributed by atoms with van der Waals surface area (Å²) in [5.74, 6) is 0.784. The molecule has 1 saturated heterocycles. The molecule has 0 aromatic heterocycles. The van der Waals surface area contributed by atoms with Crippen LogP contribution in [0.1, 0.15) is 18.4 Å². The average molecular weight is 261 g/mol. The summed E-state index contributed by atoms with van der Waals surface area (Å²) in [5, 5.41) is 3.62. The van der Waals surface area contributed by atoms with Crippen LogP contribution in [0, 0.1) is 12.8 Å². The topological polar surface area (TPSA) is 18.5 Å². The minimum Gasteiger partial charge on any atom is -0.385 e. The zero-order chi connectivity index (χ0) is 13.8. The van der Waals surface area contributed by atoms with Crippen LogP contribution in [0.2, 0.25) is 0 Å². The number of hydrogen-bond acceptors (Lipinski definition) is 3. The van der Waals surface area contributed by atoms with E-state index in [-0.39, 0.29) is 0 Å². The summed E-state index contributed by atoms with van der Waals surface area (Å²) < 4.78 is 0. The largest absolute Gasteiger partial charge is 0.385 e. The maximum Gasteiger partial charge on any atom is 0.0371 e. The van der Waals surface area contributed by atoms with Gasteiger partial charge >= 0.3 is 0 Å². The van der Waals surface area contributed by atoms with E-state index < -0.39 is 0 Å². The maximum atomic E-state index is 3.62. The molecule has 1 fully saturated rings. The number of anilines is 2. The number of nitrogens with zero attached hydrogens (tertiary/aromatic N) is 2. The van der Waals surface area contributed by atoms with Crippen molar-refractivity contribution in [2.75, 3.05) is 51.0 Å². The molecule has 1 heterocycles. The van der Waals surface area contributed by atoms with Gasteiger partial charge in [0.05, 0.1) is 0 Å². The first kappa shape index (κ1) is 14.2. The molecular formula is C16H27N3. The second-order valence-corrected chi connectivity index (χ2v) is 6.05. The van der Waals surface area contributed by atoms with Gasteiger partial charge in [0.25, 0.3) is 0 Å². The molecule has 1 aliphatic heterocycles. The minimum absolute atomic E-state index is 0.784. The van der Waals surface area contributed by atoms with Gasteiger partial charge < -0.3 is 15.1 Å². The first-order chi connectivity index (χ1) is 9.06. The van der Waals surface area contributed by atoms with Crippen molar-refractivity contribution in [3.63, 3.8) is 0 Å². The fourth-order valence-electron chi connectivity index (χ4n) is 2.82. The molecule has 1 aliphatic rings. The molecule has 0 spiro atoms. The molecule has 1 unspecified atom stereocenters. The zero-order valence-electron chi connectivity index (χ0n) is 12.7. The Balaban J connectivity index is 1.92. The predicted octanol–water partition coefficient (Wildman–Crippen LogP) is 2.81. The van der Waals surface area contributed by atoms with Crippen LogP contribution < -0.4 is 10.2 Å². The van der Waals surface area contributed by atoms with Crippen LogP contribution >= 0.6 is 0 Å². The Bertz CT molecular complexity index is 414. The van der Waals surface area contributed by atoms with Gasteiger partial charge in [-0.3, -0.25) is 0 Å². The summed E-state index contributed by atoms with van der Waals surface area (Å²) in [7, 11) is 6.39. The van der Waals surface area contributed by atoms with Crippen molar-refractivity contribution in [1.82, 2.24) is 4.90 Å². The van der Waals surface area contributed by atoms with Gasteiger partial charge in [-0.2, -0.15) is 0 Å². The summed E-state index contributed by atoms with van der Waals surface area (Å²) in [6, 6.07) is 6.63. The van der Waals surface area contributed by atoms with Crippen LogP contribution in [-0.2, 0) is 0 Å². The van der Waals surface area contributed by atoms with E-state index in [4.69, 9.17) is 0 Å². The third-order valence-corrected chi connectivity index (χ3v) is 4.03. The van der Waals surface area contributed by atoms with Crippen molar-refractivity contribution in [1.29, 1.82) is 0 Å². The Hall–Kier alpha value is -1.22. The molecule has 1 aromatic rings. The second kappa shape index (κ2) is 6.29. The first-order valence-electron chi connectivity index (χ1n) is 7.26. The van der Waals surface area contributed by atoms with Crippen molar-refractivity contribution >= 4 is 11.4 Å². The van der Waals surface area contributed by atoms with E-state index in [1.54, 1.807) is 0 Å². The normalized spacial score (nSPS) is 20.3. The van der Waals surface area contributed by atoms with E-state index >= 15 is 0 Å². The highest BCUT2D eigenvalue weighted by Gasteiger charge is 2.16. The van der Waals surface area contributed by atoms with Crippen molar-refractivity contribution in [3.05, 3.63) is 23.8 Å². The van der Waals surface area contributed by atoms with Crippen molar-refractivity contribution in [2.24, 2.45) is 5.92 Å². The quantitative estimate of drug-likeness (QED) is 0.899. The van der Waals surface area contributed by atoms with Gasteiger partial charge in [-0.05, 0) is 63.0 Å². The summed E-state index contributed by atoms with van der Waals surface area (Å²) in [4.78, 5) is 4.59. The van der Waals surface area contributed by atoms with Gasteiger partial charge in [0.2, 0.25) is 0 Å². The van der Waals surface area contributed by atoms with Gasteiger partial charge in [-0.25, -0.2) is 0 Å². The molecule has 3 nitrogen and oxygen atoms in total. The molecule has 0 radical (unpaired) electrons. The van der Waals surface area contributed by atoms with Crippen LogP contribution in [0.15, 0.2) is 18.2 Å². The summed E-state index contributed by atoms with van der Waals surface area (Å²) in [6.07, 6.45) is 2.69. The second-order valence-electron chi connectivity index (χ2n) is 6.05. The molecule has 19 heavy (non-hydrogen) atoms. The Morgan fingerprint density at radius 2 is 2.16 bits per heavy atom. The molecule has 106 valence electrons. The molecule has 0 amide bonds. The third kappa shape index (κ3) is 3.87. The van der Waals surface area contributed by atoms with Crippen LogP contribution in [0.25, 0.3) is 0 Å². The van der Waals surface area contributed by atoms with E-state index in [9.17, 15) is 0 Å². The minimum atomic E-state index is 0.784. The molecule has 3 heteroatoms.